The lowest BCUT2D eigenvalue weighted by atomic mass is 9.91. The standard InChI is InChI=1S/C30H40N6O3S.C25H22ClFN4O2.C9H15NO2/c1-19(2)27(25-17-26(33-39-25)35-15-13-34(5)14-16-35)30(38)36-12-6-7-24(36)29(37)32-20(3)22-8-10-23(11-9-22)28-21(4)31-18-40-28;1-33-25-29-23-19(24(30-25)31-11-14-6-7-15(12-31)28-14)10-20(26)21(22(23)27)18-9-16(32)8-13-4-2-3-5-17(13)18;11-7-12-6-9-4-3-8-2-1-5-10(8)9/h8-11,17-20,24,27H,6-7,12-16H2,1-5H3,(H,32,37);2-5,8-10,14-15,28,32H,6-7,11-12H2,1H3;7-9H,1-6H2. The number of hydrogen-bond acceptors (Lipinski definition) is 17. The average Bonchev–Trinajstić information content (AvgIpc) is 2.69. The number of likely N-dealkylation sites (N-methyl/N-ethyl adjacent to an activating group) is 1. The predicted molar refractivity (Wildman–Crippen MR) is 330 cm³/mol. The summed E-state index contributed by atoms with van der Waals surface area (Å²) in [4.78, 5) is 62.7. The van der Waals surface area contributed by atoms with Crippen molar-refractivity contribution in [2.75, 3.05) is 82.9 Å². The van der Waals surface area contributed by atoms with Crippen LogP contribution in [-0.2, 0) is 19.1 Å². The number of phenolic OH excluding ortho intramolecular Hbond substituents is 1. The second kappa shape index (κ2) is 26.3. The molecule has 450 valence electrons. The normalized spacial score (nSPS) is 22.0. The summed E-state index contributed by atoms with van der Waals surface area (Å²) in [5.74, 6) is 0.803. The maximum absolute atomic E-state index is 16.2. The van der Waals surface area contributed by atoms with Gasteiger partial charge in [0.05, 0.1) is 34.3 Å². The highest BCUT2D eigenvalue weighted by molar-refractivity contribution is 7.13. The number of aromatic nitrogens is 4. The van der Waals surface area contributed by atoms with Crippen molar-refractivity contribution in [2.24, 2.45) is 5.92 Å². The van der Waals surface area contributed by atoms with E-state index < -0.39 is 17.8 Å². The fourth-order valence-corrected chi connectivity index (χ4v) is 14.6. The monoisotopic (exact) mass is 1200 g/mol. The molecule has 7 atom stereocenters. The molecule has 2 bridgehead atoms. The number of nitrogens with one attached hydrogen (secondary N) is 2. The van der Waals surface area contributed by atoms with Gasteiger partial charge in [0.25, 0.3) is 6.47 Å². The van der Waals surface area contributed by atoms with Crippen LogP contribution in [0.2, 0.25) is 5.02 Å². The summed E-state index contributed by atoms with van der Waals surface area (Å²) in [6, 6.07) is 24.1. The zero-order valence-electron chi connectivity index (χ0n) is 49.3. The van der Waals surface area contributed by atoms with Crippen LogP contribution < -0.4 is 25.2 Å². The van der Waals surface area contributed by atoms with E-state index in [1.165, 1.54) is 45.4 Å². The first-order valence-electron chi connectivity index (χ1n) is 29.9. The number of carbonyl (C=O) groups is 3. The van der Waals surface area contributed by atoms with E-state index in [1.54, 1.807) is 28.4 Å². The summed E-state index contributed by atoms with van der Waals surface area (Å²) in [7, 11) is 3.59. The van der Waals surface area contributed by atoms with Crippen LogP contribution in [0.25, 0.3) is 43.2 Å². The number of aromatic hydroxyl groups is 1. The molecule has 0 radical (unpaired) electrons. The van der Waals surface area contributed by atoms with Crippen LogP contribution in [0.3, 0.4) is 0 Å². The minimum absolute atomic E-state index is 0.00437. The second-order valence-electron chi connectivity index (χ2n) is 23.8. The summed E-state index contributed by atoms with van der Waals surface area (Å²) in [5, 5.41) is 23.7. The van der Waals surface area contributed by atoms with E-state index in [0.29, 0.717) is 66.7 Å². The Kier molecular flexibility index (Phi) is 18.5. The van der Waals surface area contributed by atoms with Crippen molar-refractivity contribution in [1.82, 2.24) is 45.4 Å². The van der Waals surface area contributed by atoms with Gasteiger partial charge in [-0.1, -0.05) is 79.1 Å². The molecule has 0 spiro atoms. The molecule has 7 unspecified atom stereocenters. The van der Waals surface area contributed by atoms with Crippen molar-refractivity contribution in [3.8, 4) is 33.3 Å². The number of aryl methyl sites for hydroxylation is 1. The number of ether oxygens (including phenoxy) is 2. The molecule has 9 heterocycles. The number of piperazine rings is 2. The highest BCUT2D eigenvalue weighted by Gasteiger charge is 2.41. The number of anilines is 2. The topological polar surface area (TPSA) is 195 Å². The first kappa shape index (κ1) is 59.7. The number of benzene rings is 4. The molecule has 6 aliphatic rings. The summed E-state index contributed by atoms with van der Waals surface area (Å²) >= 11 is 8.34. The number of amides is 2. The van der Waals surface area contributed by atoms with Gasteiger partial charge in [0, 0.05) is 87.0 Å². The van der Waals surface area contributed by atoms with Crippen molar-refractivity contribution in [2.45, 2.75) is 121 Å². The molecular weight excluding hydrogens is 1120 g/mol. The first-order valence-corrected chi connectivity index (χ1v) is 31.2. The van der Waals surface area contributed by atoms with Gasteiger partial charge in [-0.15, -0.1) is 11.3 Å². The lowest BCUT2D eigenvalue weighted by molar-refractivity contribution is -0.141. The fourth-order valence-electron chi connectivity index (χ4n) is 13.5. The Bertz CT molecular complexity index is 3490. The van der Waals surface area contributed by atoms with Crippen LogP contribution in [0.5, 0.6) is 11.8 Å². The molecule has 0 saturated carbocycles. The van der Waals surface area contributed by atoms with Crippen molar-refractivity contribution in [3.05, 3.63) is 106 Å². The molecule has 18 nitrogen and oxygen atoms in total. The number of halogens is 2. The van der Waals surface area contributed by atoms with E-state index in [-0.39, 0.29) is 51.6 Å². The summed E-state index contributed by atoms with van der Waals surface area (Å²) in [5.41, 5.74) is 5.87. The molecule has 7 aromatic rings. The zero-order valence-corrected chi connectivity index (χ0v) is 50.9. The molecule has 3 aromatic heterocycles. The predicted octanol–water partition coefficient (Wildman–Crippen LogP) is 10.1. The maximum atomic E-state index is 16.2. The number of fused-ring (bicyclic) bond motifs is 5. The van der Waals surface area contributed by atoms with Gasteiger partial charge < -0.3 is 49.3 Å². The summed E-state index contributed by atoms with van der Waals surface area (Å²) in [6.45, 7) is 16.2. The first-order chi connectivity index (χ1) is 41.2. The van der Waals surface area contributed by atoms with Crippen molar-refractivity contribution < 1.29 is 37.9 Å². The minimum Gasteiger partial charge on any atom is -0.508 e. The summed E-state index contributed by atoms with van der Waals surface area (Å²) < 4.78 is 32.1. The lowest BCUT2D eigenvalue weighted by Gasteiger charge is -2.34. The SMILES string of the molecule is COc1nc(N2CC3CCC(C2)N3)c2cc(Cl)c(-c3cc(O)cc4ccccc34)c(F)c2n1.Cc1ncsc1-c1ccc(C(C)NC(=O)C2CCCN2C(=O)C(c2cc(N3CCN(C)CC3)no2)C(C)C)cc1.O=COCC1CCC2CCCN21. The molecule has 13 rings (SSSR count). The second-order valence-corrected chi connectivity index (χ2v) is 25.1. The van der Waals surface area contributed by atoms with Crippen LogP contribution >= 0.6 is 22.9 Å². The molecule has 6 fully saturated rings. The van der Waals surface area contributed by atoms with E-state index in [2.05, 4.69) is 69.5 Å². The molecule has 2 amide bonds. The highest BCUT2D eigenvalue weighted by atomic mass is 35.5. The fraction of sp³-hybridized carbons (Fsp3) is 0.484. The number of carbonyl (C=O) groups excluding carboxylic acids is 3. The van der Waals surface area contributed by atoms with Gasteiger partial charge in [-0.05, 0) is 130 Å². The van der Waals surface area contributed by atoms with Crippen LogP contribution in [0.15, 0.2) is 82.8 Å². The van der Waals surface area contributed by atoms with Crippen LogP contribution in [0, 0.1) is 18.7 Å². The third-order valence-electron chi connectivity index (χ3n) is 17.9. The van der Waals surface area contributed by atoms with Gasteiger partial charge in [0.2, 0.25) is 11.8 Å². The number of nitrogens with zero attached hydrogens (tertiary/aromatic N) is 9. The molecule has 6 aliphatic heterocycles. The van der Waals surface area contributed by atoms with E-state index in [9.17, 15) is 19.5 Å². The van der Waals surface area contributed by atoms with E-state index in [1.807, 2.05) is 75.7 Å². The lowest BCUT2D eigenvalue weighted by Crippen LogP contribution is -2.51. The average molecular weight is 1200 g/mol. The van der Waals surface area contributed by atoms with Gasteiger partial charge in [-0.3, -0.25) is 19.3 Å². The molecule has 0 aliphatic carbocycles. The Labute approximate surface area is 505 Å². The third-order valence-corrected chi connectivity index (χ3v) is 19.2. The van der Waals surface area contributed by atoms with Crippen LogP contribution in [0.4, 0.5) is 16.0 Å². The maximum Gasteiger partial charge on any atom is 0.318 e. The Hall–Kier alpha value is -6.97. The van der Waals surface area contributed by atoms with Crippen LogP contribution in [0.1, 0.15) is 101 Å². The Balaban J connectivity index is 0.000000149. The number of rotatable bonds is 14. The van der Waals surface area contributed by atoms with Gasteiger partial charge >= 0.3 is 6.01 Å². The number of likely N-dealkylation sites (tertiary alicyclic amines) is 1. The number of methoxy groups -OCH3 is 1. The number of phenols is 1. The molecule has 6 saturated heterocycles. The largest absolute Gasteiger partial charge is 0.508 e. The quantitative estimate of drug-likeness (QED) is 0.0870. The Morgan fingerprint density at radius 2 is 1.66 bits per heavy atom. The number of thiazole rings is 1. The summed E-state index contributed by atoms with van der Waals surface area (Å²) in [6.07, 6.45) is 8.86. The van der Waals surface area contributed by atoms with Gasteiger partial charge in [-0.25, -0.2) is 9.37 Å². The molecular formula is C64H77ClFN11O7S. The number of hydrogen-bond donors (Lipinski definition) is 3. The Morgan fingerprint density at radius 3 is 2.38 bits per heavy atom. The Morgan fingerprint density at radius 1 is 0.906 bits per heavy atom. The van der Waals surface area contributed by atoms with Gasteiger partial charge in [-0.2, -0.15) is 9.97 Å². The van der Waals surface area contributed by atoms with E-state index >= 15 is 4.39 Å². The van der Waals surface area contributed by atoms with Gasteiger partial charge in [0.1, 0.15) is 35.7 Å². The van der Waals surface area contributed by atoms with E-state index in [0.717, 1.165) is 103 Å². The van der Waals surface area contributed by atoms with Crippen molar-refractivity contribution in [1.29, 1.82) is 0 Å². The zero-order chi connectivity index (χ0) is 59.5. The van der Waals surface area contributed by atoms with Crippen molar-refractivity contribution in [3.63, 3.8) is 0 Å². The highest BCUT2D eigenvalue weighted by Crippen LogP contribution is 2.43. The van der Waals surface area contributed by atoms with Gasteiger partial charge in [0.15, 0.2) is 17.4 Å². The third kappa shape index (κ3) is 12.9. The van der Waals surface area contributed by atoms with E-state index in [4.69, 9.17) is 25.6 Å². The molecule has 4 aromatic carbocycles. The molecule has 3 N–H and O–H groups in total. The smallest absolute Gasteiger partial charge is 0.318 e. The molecule has 85 heavy (non-hydrogen) atoms. The van der Waals surface area contributed by atoms with Crippen molar-refractivity contribution >= 4 is 74.5 Å². The minimum atomic E-state index is -0.562. The van der Waals surface area contributed by atoms with Crippen LogP contribution in [-0.4, -0.2) is 162 Å². The molecule has 21 heteroatoms.